The molecule has 0 bridgehead atoms. The van der Waals surface area contributed by atoms with Gasteiger partial charge in [-0.2, -0.15) is 0 Å². The lowest BCUT2D eigenvalue weighted by atomic mass is 9.92. The van der Waals surface area contributed by atoms with Crippen molar-refractivity contribution < 1.29 is 26.0 Å². The van der Waals surface area contributed by atoms with Gasteiger partial charge in [-0.15, -0.1) is 0 Å². The summed E-state index contributed by atoms with van der Waals surface area (Å²) in [6.45, 7) is 0.464. The van der Waals surface area contributed by atoms with Gasteiger partial charge >= 0.3 is 0 Å². The highest BCUT2D eigenvalue weighted by atomic mass is 35.5. The minimum absolute atomic E-state index is 0.0293. The van der Waals surface area contributed by atoms with E-state index in [0.29, 0.717) is 12.8 Å². The second-order valence-electron chi connectivity index (χ2n) is 5.95. The van der Waals surface area contributed by atoms with Crippen molar-refractivity contribution in [3.05, 3.63) is 29.0 Å². The van der Waals surface area contributed by atoms with Crippen LogP contribution in [0.1, 0.15) is 12.8 Å². The van der Waals surface area contributed by atoms with Crippen molar-refractivity contribution in [1.29, 1.82) is 0 Å². The molecular weight excluding hydrogens is 395 g/mol. The first-order valence-corrected chi connectivity index (χ1v) is 11.2. The van der Waals surface area contributed by atoms with Crippen molar-refractivity contribution in [2.45, 2.75) is 23.3 Å². The Morgan fingerprint density at radius 1 is 1.28 bits per heavy atom. The normalized spacial score (nSPS) is 19.0. The molecule has 7 nitrogen and oxygen atoms in total. The summed E-state index contributed by atoms with van der Waals surface area (Å²) in [7, 11) is -5.74. The Balaban J connectivity index is 2.09. The first-order valence-electron chi connectivity index (χ1n) is 7.44. The molecule has 0 aliphatic carbocycles. The molecule has 0 radical (unpaired) electrons. The summed E-state index contributed by atoms with van der Waals surface area (Å²) in [5.74, 6) is -0.706. The molecule has 1 heterocycles. The third kappa shape index (κ3) is 4.89. The predicted octanol–water partition coefficient (Wildman–Crippen LogP) is 1.20. The molecule has 0 spiro atoms. The number of hydrogen-bond donors (Lipinski definition) is 1. The molecule has 1 aliphatic heterocycles. The van der Waals surface area contributed by atoms with E-state index >= 15 is 0 Å². The Bertz CT molecular complexity index is 837. The second kappa shape index (κ2) is 7.45. The molecule has 0 saturated carbocycles. The maximum Gasteiger partial charge on any atom is 0.240 e. The number of benzene rings is 1. The molecule has 142 valence electrons. The number of nitrogens with zero attached hydrogens (tertiary/aromatic N) is 1. The summed E-state index contributed by atoms with van der Waals surface area (Å²) < 4.78 is 70.3. The lowest BCUT2D eigenvalue weighted by Gasteiger charge is -2.39. The molecule has 2 rings (SSSR count). The Hall–Kier alpha value is -0.780. The summed E-state index contributed by atoms with van der Waals surface area (Å²) >= 11 is 5.63. The Labute approximate surface area is 152 Å². The molecule has 1 fully saturated rings. The minimum Gasteiger partial charge on any atom is -0.377 e. The van der Waals surface area contributed by atoms with Gasteiger partial charge in [0.05, 0.1) is 21.8 Å². The summed E-state index contributed by atoms with van der Waals surface area (Å²) in [6, 6.07) is 3.13. The quantitative estimate of drug-likeness (QED) is 0.755. The van der Waals surface area contributed by atoms with E-state index < -0.39 is 31.5 Å². The average Bonchev–Trinajstić information content (AvgIpc) is 2.55. The zero-order valence-corrected chi connectivity index (χ0v) is 16.2. The molecule has 0 unspecified atom stereocenters. The molecular formula is C14H20ClFN2O5S2. The highest BCUT2D eigenvalue weighted by Gasteiger charge is 2.38. The second-order valence-corrected chi connectivity index (χ2v) is 10.1. The van der Waals surface area contributed by atoms with Crippen LogP contribution in [0.25, 0.3) is 0 Å². The predicted molar refractivity (Wildman–Crippen MR) is 92.0 cm³/mol. The van der Waals surface area contributed by atoms with Crippen molar-refractivity contribution in [1.82, 2.24) is 9.03 Å². The largest absolute Gasteiger partial charge is 0.377 e. The van der Waals surface area contributed by atoms with E-state index in [1.165, 1.54) is 11.4 Å². The molecule has 11 heteroatoms. The zero-order valence-electron chi connectivity index (χ0n) is 13.8. The van der Waals surface area contributed by atoms with Crippen LogP contribution in [0.5, 0.6) is 0 Å². The van der Waals surface area contributed by atoms with Gasteiger partial charge in [-0.3, -0.25) is 0 Å². The van der Waals surface area contributed by atoms with Crippen LogP contribution in [0.15, 0.2) is 23.1 Å². The van der Waals surface area contributed by atoms with Crippen molar-refractivity contribution in [2.24, 2.45) is 0 Å². The third-order valence-electron chi connectivity index (χ3n) is 4.32. The van der Waals surface area contributed by atoms with Gasteiger partial charge in [-0.25, -0.2) is 30.3 Å². The maximum absolute atomic E-state index is 13.2. The van der Waals surface area contributed by atoms with Crippen LogP contribution in [0, 0.1) is 5.82 Å². The van der Waals surface area contributed by atoms with E-state index in [-0.39, 0.29) is 29.6 Å². The van der Waals surface area contributed by atoms with Gasteiger partial charge in [0.15, 0.2) is 0 Å². The molecule has 1 saturated heterocycles. The zero-order chi connectivity index (χ0) is 18.9. The molecule has 1 aromatic carbocycles. The fourth-order valence-corrected chi connectivity index (χ4v) is 4.86. The van der Waals surface area contributed by atoms with Crippen molar-refractivity contribution in [3.8, 4) is 0 Å². The average molecular weight is 415 g/mol. The Morgan fingerprint density at radius 3 is 2.36 bits per heavy atom. The van der Waals surface area contributed by atoms with Gasteiger partial charge in [0, 0.05) is 26.7 Å². The van der Waals surface area contributed by atoms with Gasteiger partial charge in [0.2, 0.25) is 20.0 Å². The third-order valence-corrected chi connectivity index (χ3v) is 7.31. The van der Waals surface area contributed by atoms with E-state index in [1.807, 2.05) is 0 Å². The standard InChI is InChI=1S/C14H20ClFN2O5S2/c1-23-14(5-7-18(8-6-14)24(2,19)20)10-17-25(21,22)11-3-4-13(16)12(15)9-11/h3-4,9,17H,5-8,10H2,1-2H3. The topological polar surface area (TPSA) is 92.8 Å². The van der Waals surface area contributed by atoms with E-state index in [1.54, 1.807) is 0 Å². The summed E-state index contributed by atoms with van der Waals surface area (Å²) in [5.41, 5.74) is -0.807. The van der Waals surface area contributed by atoms with Crippen molar-refractivity contribution >= 4 is 31.6 Å². The number of halogens is 2. The molecule has 0 aromatic heterocycles. The highest BCUT2D eigenvalue weighted by molar-refractivity contribution is 7.89. The number of nitrogens with one attached hydrogen (secondary N) is 1. The highest BCUT2D eigenvalue weighted by Crippen LogP contribution is 2.27. The molecule has 1 aromatic rings. The smallest absolute Gasteiger partial charge is 0.240 e. The monoisotopic (exact) mass is 414 g/mol. The van der Waals surface area contributed by atoms with E-state index in [2.05, 4.69) is 4.72 Å². The lowest BCUT2D eigenvalue weighted by Crippen LogP contribution is -2.52. The van der Waals surface area contributed by atoms with Crippen LogP contribution < -0.4 is 4.72 Å². The molecule has 0 atom stereocenters. The first-order chi connectivity index (χ1) is 11.5. The number of piperidine rings is 1. The Morgan fingerprint density at radius 2 is 1.88 bits per heavy atom. The first kappa shape index (κ1) is 20.5. The molecule has 1 N–H and O–H groups in total. The number of ether oxygens (including phenoxy) is 1. The van der Waals surface area contributed by atoms with Crippen LogP contribution in [0.3, 0.4) is 0 Å². The fourth-order valence-electron chi connectivity index (χ4n) is 2.63. The maximum atomic E-state index is 13.2. The lowest BCUT2D eigenvalue weighted by molar-refractivity contribution is -0.0401. The number of sulfonamides is 2. The number of methoxy groups -OCH3 is 1. The summed E-state index contributed by atoms with van der Waals surface area (Å²) in [4.78, 5) is -0.154. The van der Waals surface area contributed by atoms with Crippen LogP contribution in [-0.2, 0) is 24.8 Å². The molecule has 25 heavy (non-hydrogen) atoms. The van der Waals surface area contributed by atoms with Gasteiger partial charge in [0.1, 0.15) is 5.82 Å². The molecule has 1 aliphatic rings. The van der Waals surface area contributed by atoms with Crippen LogP contribution in [-0.4, -0.2) is 59.7 Å². The minimum atomic E-state index is -3.90. The van der Waals surface area contributed by atoms with E-state index in [9.17, 15) is 21.2 Å². The van der Waals surface area contributed by atoms with Gasteiger partial charge in [-0.1, -0.05) is 11.6 Å². The molecule has 0 amide bonds. The van der Waals surface area contributed by atoms with Gasteiger partial charge < -0.3 is 4.74 Å². The van der Waals surface area contributed by atoms with Gasteiger partial charge in [0.25, 0.3) is 0 Å². The van der Waals surface area contributed by atoms with Crippen LogP contribution >= 0.6 is 11.6 Å². The van der Waals surface area contributed by atoms with Crippen molar-refractivity contribution in [3.63, 3.8) is 0 Å². The van der Waals surface area contributed by atoms with E-state index in [4.69, 9.17) is 16.3 Å². The van der Waals surface area contributed by atoms with E-state index in [0.717, 1.165) is 24.5 Å². The van der Waals surface area contributed by atoms with Gasteiger partial charge in [-0.05, 0) is 31.0 Å². The van der Waals surface area contributed by atoms with Crippen molar-refractivity contribution in [2.75, 3.05) is 33.0 Å². The number of rotatable bonds is 6. The van der Waals surface area contributed by atoms with Crippen LogP contribution in [0.4, 0.5) is 4.39 Å². The summed E-state index contributed by atoms with van der Waals surface area (Å²) in [6.07, 6.45) is 1.83. The number of hydrogen-bond acceptors (Lipinski definition) is 5. The fraction of sp³-hybridized carbons (Fsp3) is 0.571. The Kier molecular flexibility index (Phi) is 6.12. The van der Waals surface area contributed by atoms with Crippen LogP contribution in [0.2, 0.25) is 5.02 Å². The summed E-state index contributed by atoms with van der Waals surface area (Å²) in [5, 5.41) is -0.286. The SMILES string of the molecule is COC1(CNS(=O)(=O)c2ccc(F)c(Cl)c2)CCN(S(C)(=O)=O)CC1.